The number of anilines is 2. The summed E-state index contributed by atoms with van der Waals surface area (Å²) in [5, 5.41) is 7.13. The Bertz CT molecular complexity index is 615. The summed E-state index contributed by atoms with van der Waals surface area (Å²) in [6, 6.07) is 7.43. The first-order valence-corrected chi connectivity index (χ1v) is 6.47. The molecule has 1 aromatic heterocycles. The standard InChI is InChI=1S/C13H13ClN4S/c1-8-6-7-15-12(16-8)18-13(19)17-11-5-3-4-10(14)9(11)2/h3-7H,1-2H3,(H2,15,16,17,18,19). The van der Waals surface area contributed by atoms with E-state index in [0.29, 0.717) is 16.1 Å². The lowest BCUT2D eigenvalue weighted by atomic mass is 10.2. The number of nitrogens with one attached hydrogen (secondary N) is 2. The molecule has 2 rings (SSSR count). The maximum atomic E-state index is 6.05. The van der Waals surface area contributed by atoms with Crippen LogP contribution < -0.4 is 10.6 Å². The van der Waals surface area contributed by atoms with Gasteiger partial charge in [0.1, 0.15) is 0 Å². The fourth-order valence-corrected chi connectivity index (χ4v) is 1.88. The van der Waals surface area contributed by atoms with Crippen molar-refractivity contribution in [2.45, 2.75) is 13.8 Å². The van der Waals surface area contributed by atoms with Gasteiger partial charge in [0.05, 0.1) is 0 Å². The second-order valence-electron chi connectivity index (χ2n) is 4.01. The van der Waals surface area contributed by atoms with Crippen LogP contribution in [-0.4, -0.2) is 15.1 Å². The van der Waals surface area contributed by atoms with Crippen molar-refractivity contribution in [3.63, 3.8) is 0 Å². The summed E-state index contributed by atoms with van der Waals surface area (Å²) in [5.74, 6) is 0.470. The molecule has 0 radical (unpaired) electrons. The van der Waals surface area contributed by atoms with Gasteiger partial charge in [0, 0.05) is 22.6 Å². The first kappa shape index (κ1) is 13.7. The highest BCUT2D eigenvalue weighted by molar-refractivity contribution is 7.80. The van der Waals surface area contributed by atoms with Gasteiger partial charge in [0.2, 0.25) is 5.95 Å². The van der Waals surface area contributed by atoms with E-state index in [1.165, 1.54) is 0 Å². The van der Waals surface area contributed by atoms with Crippen LogP contribution in [0.3, 0.4) is 0 Å². The van der Waals surface area contributed by atoms with Crippen LogP contribution in [0, 0.1) is 13.8 Å². The predicted molar refractivity (Wildman–Crippen MR) is 82.8 cm³/mol. The zero-order chi connectivity index (χ0) is 13.8. The molecule has 2 aromatic rings. The quantitative estimate of drug-likeness (QED) is 0.829. The molecule has 0 fully saturated rings. The Morgan fingerprint density at radius 2 is 2.00 bits per heavy atom. The van der Waals surface area contributed by atoms with Crippen molar-refractivity contribution >= 4 is 40.6 Å². The van der Waals surface area contributed by atoms with Crippen molar-refractivity contribution in [2.24, 2.45) is 0 Å². The highest BCUT2D eigenvalue weighted by Gasteiger charge is 2.05. The SMILES string of the molecule is Cc1ccnc(NC(=S)Nc2cccc(Cl)c2C)n1. The Morgan fingerprint density at radius 1 is 1.21 bits per heavy atom. The first-order chi connectivity index (χ1) is 9.06. The lowest BCUT2D eigenvalue weighted by molar-refractivity contribution is 1.11. The number of hydrogen-bond acceptors (Lipinski definition) is 3. The molecule has 0 amide bonds. The van der Waals surface area contributed by atoms with Crippen molar-refractivity contribution in [2.75, 3.05) is 10.6 Å². The smallest absolute Gasteiger partial charge is 0.229 e. The van der Waals surface area contributed by atoms with Crippen LogP contribution in [0.4, 0.5) is 11.6 Å². The third-order valence-electron chi connectivity index (χ3n) is 2.54. The average Bonchev–Trinajstić information content (AvgIpc) is 2.35. The van der Waals surface area contributed by atoms with Gasteiger partial charge in [0.15, 0.2) is 5.11 Å². The minimum absolute atomic E-state index is 0.427. The summed E-state index contributed by atoms with van der Waals surface area (Å²) >= 11 is 11.3. The van der Waals surface area contributed by atoms with E-state index < -0.39 is 0 Å². The molecule has 2 N–H and O–H groups in total. The number of benzene rings is 1. The molecule has 4 nitrogen and oxygen atoms in total. The summed E-state index contributed by atoms with van der Waals surface area (Å²) in [4.78, 5) is 8.30. The fourth-order valence-electron chi connectivity index (χ4n) is 1.51. The molecule has 19 heavy (non-hydrogen) atoms. The van der Waals surface area contributed by atoms with Crippen LogP contribution in [0.1, 0.15) is 11.3 Å². The molecule has 0 atom stereocenters. The van der Waals surface area contributed by atoms with E-state index in [1.54, 1.807) is 6.20 Å². The van der Waals surface area contributed by atoms with Gasteiger partial charge in [-0.1, -0.05) is 17.7 Å². The molecule has 1 heterocycles. The van der Waals surface area contributed by atoms with E-state index in [1.807, 2.05) is 38.1 Å². The minimum atomic E-state index is 0.427. The molecular formula is C13H13ClN4S. The number of hydrogen-bond donors (Lipinski definition) is 2. The maximum Gasteiger partial charge on any atom is 0.229 e. The van der Waals surface area contributed by atoms with Crippen molar-refractivity contribution < 1.29 is 0 Å². The van der Waals surface area contributed by atoms with Crippen LogP contribution in [0.25, 0.3) is 0 Å². The molecule has 0 unspecified atom stereocenters. The van der Waals surface area contributed by atoms with Gasteiger partial charge in [-0.25, -0.2) is 9.97 Å². The third-order valence-corrected chi connectivity index (χ3v) is 3.15. The van der Waals surface area contributed by atoms with Gasteiger partial charge in [-0.05, 0) is 49.8 Å². The Balaban J connectivity index is 2.08. The predicted octanol–water partition coefficient (Wildman–Crippen LogP) is 3.56. The zero-order valence-corrected chi connectivity index (χ0v) is 12.1. The molecular weight excluding hydrogens is 280 g/mol. The van der Waals surface area contributed by atoms with Gasteiger partial charge in [-0.3, -0.25) is 0 Å². The normalized spacial score (nSPS) is 10.1. The third kappa shape index (κ3) is 3.62. The number of aryl methyl sites for hydroxylation is 1. The van der Waals surface area contributed by atoms with Gasteiger partial charge in [-0.15, -0.1) is 0 Å². The summed E-state index contributed by atoms with van der Waals surface area (Å²) in [6.45, 7) is 3.82. The van der Waals surface area contributed by atoms with Crippen molar-refractivity contribution in [1.82, 2.24) is 9.97 Å². The molecule has 6 heteroatoms. The maximum absolute atomic E-state index is 6.05. The van der Waals surface area contributed by atoms with Crippen LogP contribution in [0.5, 0.6) is 0 Å². The van der Waals surface area contributed by atoms with Crippen LogP contribution in [-0.2, 0) is 0 Å². The number of rotatable bonds is 2. The largest absolute Gasteiger partial charge is 0.332 e. The Labute approximate surface area is 122 Å². The molecule has 0 bridgehead atoms. The topological polar surface area (TPSA) is 49.8 Å². The monoisotopic (exact) mass is 292 g/mol. The van der Waals surface area contributed by atoms with Gasteiger partial charge in [0.25, 0.3) is 0 Å². The molecule has 0 aliphatic carbocycles. The molecule has 1 aromatic carbocycles. The van der Waals surface area contributed by atoms with Crippen LogP contribution >= 0.6 is 23.8 Å². The highest BCUT2D eigenvalue weighted by atomic mass is 35.5. The summed E-state index contributed by atoms with van der Waals surface area (Å²) in [6.07, 6.45) is 1.68. The minimum Gasteiger partial charge on any atom is -0.332 e. The summed E-state index contributed by atoms with van der Waals surface area (Å²) in [5.41, 5.74) is 2.68. The van der Waals surface area contributed by atoms with E-state index in [4.69, 9.17) is 23.8 Å². The van der Waals surface area contributed by atoms with E-state index in [2.05, 4.69) is 20.6 Å². The van der Waals surface area contributed by atoms with E-state index >= 15 is 0 Å². The van der Waals surface area contributed by atoms with Crippen molar-refractivity contribution in [3.8, 4) is 0 Å². The Kier molecular flexibility index (Phi) is 4.29. The molecule has 0 saturated heterocycles. The second kappa shape index (κ2) is 5.95. The Hall–Kier alpha value is -1.72. The summed E-state index contributed by atoms with van der Waals surface area (Å²) < 4.78 is 0. The molecule has 98 valence electrons. The van der Waals surface area contributed by atoms with Gasteiger partial charge >= 0.3 is 0 Å². The van der Waals surface area contributed by atoms with Crippen LogP contribution in [0.2, 0.25) is 5.02 Å². The average molecular weight is 293 g/mol. The van der Waals surface area contributed by atoms with E-state index in [-0.39, 0.29) is 0 Å². The van der Waals surface area contributed by atoms with Crippen molar-refractivity contribution in [1.29, 1.82) is 0 Å². The van der Waals surface area contributed by atoms with E-state index in [9.17, 15) is 0 Å². The number of aromatic nitrogens is 2. The van der Waals surface area contributed by atoms with Gasteiger partial charge < -0.3 is 10.6 Å². The molecule has 0 saturated carbocycles. The number of thiocarbonyl (C=S) groups is 1. The van der Waals surface area contributed by atoms with Gasteiger partial charge in [-0.2, -0.15) is 0 Å². The lowest BCUT2D eigenvalue weighted by Crippen LogP contribution is -2.21. The zero-order valence-electron chi connectivity index (χ0n) is 10.6. The fraction of sp³-hybridized carbons (Fsp3) is 0.154. The van der Waals surface area contributed by atoms with E-state index in [0.717, 1.165) is 16.9 Å². The molecule has 0 spiro atoms. The number of halogens is 1. The molecule has 0 aliphatic rings. The van der Waals surface area contributed by atoms with Crippen LogP contribution in [0.15, 0.2) is 30.5 Å². The highest BCUT2D eigenvalue weighted by Crippen LogP contribution is 2.22. The second-order valence-corrected chi connectivity index (χ2v) is 4.83. The van der Waals surface area contributed by atoms with Crippen molar-refractivity contribution in [3.05, 3.63) is 46.7 Å². The first-order valence-electron chi connectivity index (χ1n) is 5.69. The molecule has 0 aliphatic heterocycles. The number of nitrogens with zero attached hydrogens (tertiary/aromatic N) is 2. The lowest BCUT2D eigenvalue weighted by Gasteiger charge is -2.12. The summed E-state index contributed by atoms with van der Waals surface area (Å²) in [7, 11) is 0. The Morgan fingerprint density at radius 3 is 2.74 bits per heavy atom.